The van der Waals surface area contributed by atoms with Gasteiger partial charge in [-0.25, -0.2) is 4.39 Å². The van der Waals surface area contributed by atoms with E-state index in [0.717, 1.165) is 6.42 Å². The van der Waals surface area contributed by atoms with Gasteiger partial charge < -0.3 is 25.8 Å². The lowest BCUT2D eigenvalue weighted by atomic mass is 10.1. The molecule has 1 saturated heterocycles. The number of halogens is 1. The number of anilines is 3. The van der Waals surface area contributed by atoms with Crippen molar-refractivity contribution in [1.29, 1.82) is 0 Å². The van der Waals surface area contributed by atoms with Crippen molar-refractivity contribution in [3.8, 4) is 0 Å². The van der Waals surface area contributed by atoms with E-state index in [-0.39, 0.29) is 37.1 Å². The molecule has 0 unspecified atom stereocenters. The van der Waals surface area contributed by atoms with Crippen LogP contribution in [-0.2, 0) is 29.6 Å². The average molecular weight is 471 g/mol. The Morgan fingerprint density at radius 1 is 1.06 bits per heavy atom. The molecule has 2 aromatic carbocycles. The molecular formula is C24H27FN4O5. The zero-order chi connectivity index (χ0) is 24.1. The number of unbranched alkanes of at least 4 members (excludes halogenated alkanes) is 2. The summed E-state index contributed by atoms with van der Waals surface area (Å²) in [7, 11) is 0. The highest BCUT2D eigenvalue weighted by molar-refractivity contribution is 6.09. The molecule has 0 atom stereocenters. The van der Waals surface area contributed by atoms with E-state index in [9.17, 15) is 18.8 Å². The molecule has 180 valence electrons. The number of para-hydroxylation sites is 2. The fourth-order valence-corrected chi connectivity index (χ4v) is 4.10. The van der Waals surface area contributed by atoms with Crippen molar-refractivity contribution < 1.29 is 28.2 Å². The van der Waals surface area contributed by atoms with Crippen LogP contribution in [0.1, 0.15) is 31.2 Å². The van der Waals surface area contributed by atoms with Crippen molar-refractivity contribution in [1.82, 2.24) is 5.32 Å². The van der Waals surface area contributed by atoms with Crippen molar-refractivity contribution in [3.63, 3.8) is 0 Å². The smallest absolute Gasteiger partial charge is 0.293 e. The number of ether oxygens (including phenoxy) is 2. The van der Waals surface area contributed by atoms with Gasteiger partial charge in [0.05, 0.1) is 30.3 Å². The summed E-state index contributed by atoms with van der Waals surface area (Å²) in [5.74, 6) is -3.20. The highest BCUT2D eigenvalue weighted by Crippen LogP contribution is 2.45. The van der Waals surface area contributed by atoms with Crippen LogP contribution in [0.3, 0.4) is 0 Å². The van der Waals surface area contributed by atoms with Crippen molar-refractivity contribution in [2.45, 2.75) is 31.5 Å². The molecule has 34 heavy (non-hydrogen) atoms. The molecule has 0 bridgehead atoms. The topological polar surface area (TPSA) is 123 Å². The van der Waals surface area contributed by atoms with Crippen LogP contribution in [0.25, 0.3) is 0 Å². The molecule has 10 heteroatoms. The number of hydrogen-bond donors (Lipinski definition) is 3. The van der Waals surface area contributed by atoms with Crippen molar-refractivity contribution >= 4 is 34.8 Å². The van der Waals surface area contributed by atoms with E-state index < -0.39 is 17.5 Å². The van der Waals surface area contributed by atoms with Crippen LogP contribution in [0.2, 0.25) is 0 Å². The zero-order valence-corrected chi connectivity index (χ0v) is 18.6. The summed E-state index contributed by atoms with van der Waals surface area (Å²) in [5, 5.41) is 5.56. The summed E-state index contributed by atoms with van der Waals surface area (Å²) in [6.45, 7) is 0.590. The molecule has 4 rings (SSSR count). The summed E-state index contributed by atoms with van der Waals surface area (Å²) in [4.78, 5) is 38.8. The lowest BCUT2D eigenvalue weighted by Crippen LogP contribution is -2.45. The molecule has 2 heterocycles. The molecule has 2 aliphatic rings. The Kier molecular flexibility index (Phi) is 7.09. The van der Waals surface area contributed by atoms with E-state index in [4.69, 9.17) is 15.2 Å². The average Bonchev–Trinajstić information content (AvgIpc) is 3.39. The Balaban J connectivity index is 1.20. The number of rotatable bonds is 9. The molecule has 4 N–H and O–H groups in total. The highest BCUT2D eigenvalue weighted by Gasteiger charge is 2.56. The number of fused-ring (bicyclic) bond motifs is 2. The summed E-state index contributed by atoms with van der Waals surface area (Å²) < 4.78 is 24.9. The van der Waals surface area contributed by atoms with Gasteiger partial charge >= 0.3 is 0 Å². The molecule has 3 amide bonds. The Labute approximate surface area is 196 Å². The summed E-state index contributed by atoms with van der Waals surface area (Å²) in [6, 6.07) is 10.9. The van der Waals surface area contributed by atoms with Crippen LogP contribution >= 0.6 is 0 Å². The maximum Gasteiger partial charge on any atom is 0.293 e. The zero-order valence-electron chi connectivity index (χ0n) is 18.6. The molecule has 9 nitrogen and oxygen atoms in total. The van der Waals surface area contributed by atoms with Crippen LogP contribution < -0.4 is 21.3 Å². The number of nitrogen functional groups attached to an aromatic ring is 1. The maximum atomic E-state index is 13.8. The number of benzene rings is 2. The summed E-state index contributed by atoms with van der Waals surface area (Å²) in [6.07, 6.45) is 2.43. The molecule has 0 aromatic heterocycles. The molecular weight excluding hydrogens is 443 g/mol. The van der Waals surface area contributed by atoms with Gasteiger partial charge in [-0.2, -0.15) is 0 Å². The number of nitrogens with one attached hydrogen (secondary N) is 2. The molecule has 2 aliphatic heterocycles. The Bertz CT molecular complexity index is 1090. The third-order valence-electron chi connectivity index (χ3n) is 5.76. The first-order chi connectivity index (χ1) is 16.4. The monoisotopic (exact) mass is 470 g/mol. The maximum absolute atomic E-state index is 13.8. The minimum atomic E-state index is -1.68. The number of nitrogens with zero attached hydrogens (tertiary/aromatic N) is 1. The van der Waals surface area contributed by atoms with Crippen LogP contribution in [-0.4, -0.2) is 44.0 Å². The number of hydrogen-bond acceptors (Lipinski definition) is 6. The lowest BCUT2D eigenvalue weighted by Gasteiger charge is -2.21. The number of carbonyl (C=O) groups is 3. The van der Waals surface area contributed by atoms with Gasteiger partial charge in [-0.05, 0) is 43.2 Å². The van der Waals surface area contributed by atoms with E-state index >= 15 is 0 Å². The van der Waals surface area contributed by atoms with Gasteiger partial charge in [0.1, 0.15) is 12.4 Å². The predicted octanol–water partition coefficient (Wildman–Crippen LogP) is 2.27. The lowest BCUT2D eigenvalue weighted by molar-refractivity contribution is -0.180. The van der Waals surface area contributed by atoms with Gasteiger partial charge in [-0.1, -0.05) is 18.6 Å². The fourth-order valence-electron chi connectivity index (χ4n) is 4.10. The van der Waals surface area contributed by atoms with Gasteiger partial charge in [0.15, 0.2) is 0 Å². The second-order valence-corrected chi connectivity index (χ2v) is 8.16. The van der Waals surface area contributed by atoms with Gasteiger partial charge in [-0.15, -0.1) is 0 Å². The van der Waals surface area contributed by atoms with Crippen molar-refractivity contribution in [3.05, 3.63) is 53.8 Å². The SMILES string of the molecule is Nc1ccccc1NC(=O)CCCCCNC(=O)CN1C(=O)C2(OCCO2)c2cc(F)ccc21. The summed E-state index contributed by atoms with van der Waals surface area (Å²) in [5.41, 5.74) is 7.60. The van der Waals surface area contributed by atoms with Gasteiger partial charge in [-0.3, -0.25) is 19.3 Å². The van der Waals surface area contributed by atoms with Crippen LogP contribution in [0, 0.1) is 5.82 Å². The molecule has 1 spiro atoms. The largest absolute Gasteiger partial charge is 0.397 e. The van der Waals surface area contributed by atoms with Crippen LogP contribution in [0.15, 0.2) is 42.5 Å². The normalized spacial score (nSPS) is 16.0. The number of nitrogens with two attached hydrogens (primary N) is 1. The van der Waals surface area contributed by atoms with E-state index in [0.29, 0.717) is 42.9 Å². The molecule has 0 saturated carbocycles. The van der Waals surface area contributed by atoms with E-state index in [1.54, 1.807) is 24.3 Å². The first kappa shape index (κ1) is 23.7. The second-order valence-electron chi connectivity index (χ2n) is 8.16. The Morgan fingerprint density at radius 3 is 2.59 bits per heavy atom. The molecule has 1 fully saturated rings. The molecule has 2 aromatic rings. The first-order valence-corrected chi connectivity index (χ1v) is 11.2. The van der Waals surface area contributed by atoms with Gasteiger partial charge in [0, 0.05) is 18.5 Å². The number of amides is 3. The molecule has 0 radical (unpaired) electrons. The van der Waals surface area contributed by atoms with Crippen LogP contribution in [0.5, 0.6) is 0 Å². The third kappa shape index (κ3) is 4.87. The van der Waals surface area contributed by atoms with Gasteiger partial charge in [0.2, 0.25) is 11.8 Å². The third-order valence-corrected chi connectivity index (χ3v) is 5.76. The van der Waals surface area contributed by atoms with E-state index in [2.05, 4.69) is 10.6 Å². The minimum absolute atomic E-state index is 0.116. The van der Waals surface area contributed by atoms with Crippen molar-refractivity contribution in [2.24, 2.45) is 0 Å². The van der Waals surface area contributed by atoms with Crippen LogP contribution in [0.4, 0.5) is 21.5 Å². The molecule has 0 aliphatic carbocycles. The fraction of sp³-hybridized carbons (Fsp3) is 0.375. The van der Waals surface area contributed by atoms with E-state index in [1.165, 1.54) is 23.1 Å². The Hall–Kier alpha value is -3.50. The minimum Gasteiger partial charge on any atom is -0.397 e. The quantitative estimate of drug-likeness (QED) is 0.382. The first-order valence-electron chi connectivity index (χ1n) is 11.2. The standard InChI is InChI=1S/C24H27FN4O5/c25-16-9-10-20-17(14-16)24(33-12-13-34-24)23(32)29(20)15-22(31)27-11-5-1-2-8-21(30)28-19-7-4-3-6-18(19)26/h3-4,6-7,9-10,14H,1-2,5,8,11-13,15,26H2,(H,27,31)(H,28,30). The van der Waals surface area contributed by atoms with E-state index in [1.807, 2.05) is 0 Å². The predicted molar refractivity (Wildman–Crippen MR) is 123 cm³/mol. The highest BCUT2D eigenvalue weighted by atomic mass is 19.1. The van der Waals surface area contributed by atoms with Gasteiger partial charge in [0.25, 0.3) is 11.7 Å². The van der Waals surface area contributed by atoms with Crippen molar-refractivity contribution in [2.75, 3.05) is 42.3 Å². The number of carbonyl (C=O) groups excluding carboxylic acids is 3. The Morgan fingerprint density at radius 2 is 1.82 bits per heavy atom. The summed E-state index contributed by atoms with van der Waals surface area (Å²) >= 11 is 0. The second kappa shape index (κ2) is 10.2.